The number of aliphatic imine (C=N–C) groups is 1. The van der Waals surface area contributed by atoms with Crippen LogP contribution in [-0.4, -0.2) is 71.4 Å². The van der Waals surface area contributed by atoms with Gasteiger partial charge in [-0.2, -0.15) is 0 Å². The van der Waals surface area contributed by atoms with Crippen molar-refractivity contribution in [2.75, 3.05) is 39.9 Å². The van der Waals surface area contributed by atoms with Crippen molar-refractivity contribution in [2.45, 2.75) is 45.6 Å². The summed E-state index contributed by atoms with van der Waals surface area (Å²) in [6, 6.07) is 0. The lowest BCUT2D eigenvalue weighted by Gasteiger charge is -2.20. The van der Waals surface area contributed by atoms with Gasteiger partial charge in [0.15, 0.2) is 11.8 Å². The highest BCUT2D eigenvalue weighted by Gasteiger charge is 2.15. The predicted molar refractivity (Wildman–Crippen MR) is 104 cm³/mol. The largest absolute Gasteiger partial charge is 0.383 e. The number of amides is 1. The topological polar surface area (TPSA) is 96.7 Å². The van der Waals surface area contributed by atoms with E-state index >= 15 is 0 Å². The molecule has 1 aliphatic rings. The molecule has 0 radical (unpaired) electrons. The van der Waals surface area contributed by atoms with Crippen LogP contribution >= 0.6 is 0 Å². The van der Waals surface area contributed by atoms with Crippen LogP contribution < -0.4 is 10.6 Å². The third-order valence-corrected chi connectivity index (χ3v) is 4.73. The Hall–Kier alpha value is -2.16. The molecule has 1 fully saturated rings. The van der Waals surface area contributed by atoms with E-state index in [2.05, 4.69) is 25.8 Å². The van der Waals surface area contributed by atoms with Gasteiger partial charge in [-0.3, -0.25) is 4.79 Å². The van der Waals surface area contributed by atoms with Gasteiger partial charge >= 0.3 is 0 Å². The van der Waals surface area contributed by atoms with Crippen LogP contribution in [0, 0.1) is 6.92 Å². The quantitative estimate of drug-likeness (QED) is 0.370. The first-order chi connectivity index (χ1) is 13.1. The summed E-state index contributed by atoms with van der Waals surface area (Å²) < 4.78 is 7.02. The minimum absolute atomic E-state index is 0.289. The number of methoxy groups -OCH3 is 1. The Balaban J connectivity index is 1.81. The first-order valence-electron chi connectivity index (χ1n) is 9.75. The molecule has 1 aromatic heterocycles. The number of rotatable bonds is 9. The van der Waals surface area contributed by atoms with Crippen LogP contribution in [0.3, 0.4) is 0 Å². The fourth-order valence-corrected chi connectivity index (χ4v) is 2.94. The van der Waals surface area contributed by atoms with E-state index in [0.717, 1.165) is 62.9 Å². The number of aryl methyl sites for hydroxylation is 1. The Morgan fingerprint density at radius 3 is 2.78 bits per heavy atom. The van der Waals surface area contributed by atoms with E-state index in [1.165, 1.54) is 0 Å². The Bertz CT molecular complexity index is 615. The van der Waals surface area contributed by atoms with E-state index in [4.69, 9.17) is 4.74 Å². The molecule has 2 rings (SSSR count). The summed E-state index contributed by atoms with van der Waals surface area (Å²) in [4.78, 5) is 18.6. The van der Waals surface area contributed by atoms with Crippen LogP contribution in [0.25, 0.3) is 0 Å². The molecule has 0 aliphatic carbocycles. The first-order valence-corrected chi connectivity index (χ1v) is 9.75. The highest BCUT2D eigenvalue weighted by molar-refractivity contribution is 5.79. The van der Waals surface area contributed by atoms with Gasteiger partial charge in [0.2, 0.25) is 5.91 Å². The first kappa shape index (κ1) is 21.1. The SMILES string of the molecule is COCCNC(=NCc1nnc(C)n1C)NCCCN1CCCCCC1=O. The van der Waals surface area contributed by atoms with Crippen molar-refractivity contribution in [1.29, 1.82) is 0 Å². The number of hydrogen-bond donors (Lipinski definition) is 2. The number of carbonyl (C=O) groups is 1. The molecular weight excluding hydrogens is 346 g/mol. The van der Waals surface area contributed by atoms with Crippen LogP contribution in [-0.2, 0) is 23.1 Å². The predicted octanol–water partition coefficient (Wildman–Crippen LogP) is 0.598. The number of nitrogens with one attached hydrogen (secondary N) is 2. The molecule has 1 saturated heterocycles. The van der Waals surface area contributed by atoms with Crippen molar-refractivity contribution in [3.05, 3.63) is 11.6 Å². The zero-order valence-corrected chi connectivity index (χ0v) is 16.8. The molecule has 0 bridgehead atoms. The maximum atomic E-state index is 12.1. The number of ether oxygens (including phenoxy) is 1. The van der Waals surface area contributed by atoms with Gasteiger partial charge < -0.3 is 24.8 Å². The highest BCUT2D eigenvalue weighted by Crippen LogP contribution is 2.11. The minimum atomic E-state index is 0.289. The van der Waals surface area contributed by atoms with Gasteiger partial charge in [-0.25, -0.2) is 4.99 Å². The van der Waals surface area contributed by atoms with Gasteiger partial charge in [-0.15, -0.1) is 10.2 Å². The lowest BCUT2D eigenvalue weighted by Crippen LogP contribution is -2.40. The average Bonchev–Trinajstić information content (AvgIpc) is 2.85. The number of guanidine groups is 1. The molecule has 0 atom stereocenters. The van der Waals surface area contributed by atoms with Gasteiger partial charge in [-0.1, -0.05) is 6.42 Å². The van der Waals surface area contributed by atoms with Crippen LogP contribution in [0.2, 0.25) is 0 Å². The maximum Gasteiger partial charge on any atom is 0.222 e. The molecule has 9 heteroatoms. The number of likely N-dealkylation sites (tertiary alicyclic amines) is 1. The van der Waals surface area contributed by atoms with E-state index < -0.39 is 0 Å². The second kappa shape index (κ2) is 11.5. The lowest BCUT2D eigenvalue weighted by atomic mass is 10.2. The van der Waals surface area contributed by atoms with Gasteiger partial charge in [-0.05, 0) is 26.2 Å². The molecule has 2 N–H and O–H groups in total. The van der Waals surface area contributed by atoms with Gasteiger partial charge in [0.05, 0.1) is 6.61 Å². The number of aromatic nitrogens is 3. The van der Waals surface area contributed by atoms with E-state index in [9.17, 15) is 4.79 Å². The fraction of sp³-hybridized carbons (Fsp3) is 0.778. The minimum Gasteiger partial charge on any atom is -0.383 e. The molecule has 0 unspecified atom stereocenters. The second-order valence-electron chi connectivity index (χ2n) is 6.78. The summed E-state index contributed by atoms with van der Waals surface area (Å²) in [6.07, 6.45) is 4.87. The van der Waals surface area contributed by atoms with Gasteiger partial charge in [0.1, 0.15) is 12.4 Å². The molecule has 2 heterocycles. The zero-order chi connectivity index (χ0) is 19.5. The second-order valence-corrected chi connectivity index (χ2v) is 6.78. The summed E-state index contributed by atoms with van der Waals surface area (Å²) >= 11 is 0. The zero-order valence-electron chi connectivity index (χ0n) is 16.8. The van der Waals surface area contributed by atoms with Crippen molar-refractivity contribution in [3.8, 4) is 0 Å². The fourth-order valence-electron chi connectivity index (χ4n) is 2.94. The molecule has 0 spiro atoms. The summed E-state index contributed by atoms with van der Waals surface area (Å²) in [5.41, 5.74) is 0. The molecule has 1 aliphatic heterocycles. The molecule has 9 nitrogen and oxygen atoms in total. The van der Waals surface area contributed by atoms with Crippen LogP contribution in [0.4, 0.5) is 0 Å². The Kier molecular flexibility index (Phi) is 9.03. The van der Waals surface area contributed by atoms with Crippen molar-refractivity contribution >= 4 is 11.9 Å². The van der Waals surface area contributed by atoms with Gasteiger partial charge in [0.25, 0.3) is 0 Å². The monoisotopic (exact) mass is 379 g/mol. The number of carbonyl (C=O) groups excluding carboxylic acids is 1. The summed E-state index contributed by atoms with van der Waals surface area (Å²) in [7, 11) is 3.61. The van der Waals surface area contributed by atoms with Crippen molar-refractivity contribution in [2.24, 2.45) is 12.0 Å². The van der Waals surface area contributed by atoms with Crippen molar-refractivity contribution < 1.29 is 9.53 Å². The number of nitrogens with zero attached hydrogens (tertiary/aromatic N) is 5. The van der Waals surface area contributed by atoms with Crippen molar-refractivity contribution in [3.63, 3.8) is 0 Å². The third-order valence-electron chi connectivity index (χ3n) is 4.73. The Morgan fingerprint density at radius 2 is 2.04 bits per heavy atom. The maximum absolute atomic E-state index is 12.1. The third kappa shape index (κ3) is 7.16. The van der Waals surface area contributed by atoms with Crippen LogP contribution in [0.1, 0.15) is 43.8 Å². The van der Waals surface area contributed by atoms with E-state index in [1.807, 2.05) is 23.4 Å². The standard InChI is InChI=1S/C18H33N7O2/c1-15-22-23-16(24(15)2)14-21-18(20-10-13-27-3)19-9-7-12-25-11-6-4-5-8-17(25)26/h4-14H2,1-3H3,(H2,19,20,21). The Labute approximate surface area is 161 Å². The van der Waals surface area contributed by atoms with E-state index in [-0.39, 0.29) is 5.91 Å². The lowest BCUT2D eigenvalue weighted by molar-refractivity contribution is -0.130. The highest BCUT2D eigenvalue weighted by atomic mass is 16.5. The molecule has 0 aromatic carbocycles. The Morgan fingerprint density at radius 1 is 1.22 bits per heavy atom. The van der Waals surface area contributed by atoms with Crippen molar-refractivity contribution in [1.82, 2.24) is 30.3 Å². The molecule has 0 saturated carbocycles. The van der Waals surface area contributed by atoms with Gasteiger partial charge in [0, 0.05) is 46.8 Å². The molecule has 1 amide bonds. The smallest absolute Gasteiger partial charge is 0.222 e. The summed E-state index contributed by atoms with van der Waals surface area (Å²) in [5.74, 6) is 2.69. The van der Waals surface area contributed by atoms with Crippen LogP contribution in [0.5, 0.6) is 0 Å². The molecule has 152 valence electrons. The summed E-state index contributed by atoms with van der Waals surface area (Å²) in [5, 5.41) is 14.8. The van der Waals surface area contributed by atoms with E-state index in [0.29, 0.717) is 26.1 Å². The molecular formula is C18H33N7O2. The summed E-state index contributed by atoms with van der Waals surface area (Å²) in [6.45, 7) is 6.07. The van der Waals surface area contributed by atoms with Crippen LogP contribution in [0.15, 0.2) is 4.99 Å². The molecule has 27 heavy (non-hydrogen) atoms. The molecule has 1 aromatic rings. The normalized spacial score (nSPS) is 15.7. The average molecular weight is 380 g/mol. The van der Waals surface area contributed by atoms with E-state index in [1.54, 1.807) is 7.11 Å². The number of hydrogen-bond acceptors (Lipinski definition) is 5.